The van der Waals surface area contributed by atoms with Gasteiger partial charge in [0.25, 0.3) is 0 Å². The molecule has 2 nitrogen and oxygen atoms in total. The first-order chi connectivity index (χ1) is 9.70. The topological polar surface area (TPSA) is 40.9 Å². The van der Waals surface area contributed by atoms with Crippen molar-refractivity contribution in [3.8, 4) is 6.07 Å². The summed E-state index contributed by atoms with van der Waals surface area (Å²) in [5, 5.41) is 11.8. The molecule has 1 aromatic carbocycles. The highest BCUT2D eigenvalue weighted by Crippen LogP contribution is 2.22. The van der Waals surface area contributed by atoms with Gasteiger partial charge in [-0.15, -0.1) is 11.3 Å². The molecule has 0 amide bonds. The average molecular weight is 304 g/mol. The van der Waals surface area contributed by atoms with Gasteiger partial charge in [0.05, 0.1) is 6.07 Å². The predicted molar refractivity (Wildman–Crippen MR) is 82.1 cm³/mol. The normalized spacial score (nSPS) is 11.8. The first kappa shape index (κ1) is 14.8. The maximum atomic E-state index is 12.2. The lowest BCUT2D eigenvalue weighted by Crippen LogP contribution is -2.10. The quantitative estimate of drug-likeness (QED) is 0.782. The molecule has 102 valence electrons. The largest absolute Gasteiger partial charge is 0.298 e. The zero-order chi connectivity index (χ0) is 14.4. The predicted octanol–water partition coefficient (Wildman–Crippen LogP) is 4.60. The molecule has 0 aliphatic rings. The molecule has 0 aliphatic carbocycles. The zero-order valence-corrected chi connectivity index (χ0v) is 12.5. The summed E-state index contributed by atoms with van der Waals surface area (Å²) >= 11 is 7.60. The van der Waals surface area contributed by atoms with Crippen LogP contribution in [0.2, 0.25) is 5.02 Å². The molecule has 0 saturated heterocycles. The van der Waals surface area contributed by atoms with Crippen molar-refractivity contribution in [2.75, 3.05) is 0 Å². The number of carbonyl (C=O) groups is 1. The minimum atomic E-state index is -0.711. The minimum Gasteiger partial charge on any atom is -0.298 e. The second-order valence-corrected chi connectivity index (χ2v) is 5.99. The highest BCUT2D eigenvalue weighted by molar-refractivity contribution is 7.09. The molecule has 2 rings (SSSR count). The lowest BCUT2D eigenvalue weighted by molar-refractivity contribution is -0.119. The van der Waals surface area contributed by atoms with E-state index < -0.39 is 5.92 Å². The first-order valence-corrected chi connectivity index (χ1v) is 7.66. The summed E-state index contributed by atoms with van der Waals surface area (Å²) in [5.74, 6) is -0.747. The van der Waals surface area contributed by atoms with Crippen LogP contribution in [0.15, 0.2) is 41.8 Å². The molecule has 1 unspecified atom stereocenters. The summed E-state index contributed by atoms with van der Waals surface area (Å²) in [4.78, 5) is 13.4. The Morgan fingerprint density at radius 2 is 2.20 bits per heavy atom. The third kappa shape index (κ3) is 3.93. The summed E-state index contributed by atoms with van der Waals surface area (Å²) in [6.45, 7) is 0. The fourth-order valence-corrected chi connectivity index (χ4v) is 3.00. The maximum Gasteiger partial charge on any atom is 0.154 e. The summed E-state index contributed by atoms with van der Waals surface area (Å²) in [7, 11) is 0. The second-order valence-electron chi connectivity index (χ2n) is 4.52. The third-order valence-corrected chi connectivity index (χ3v) is 4.23. The molecule has 2 aromatic rings. The summed E-state index contributed by atoms with van der Waals surface area (Å²) in [6.07, 6.45) is 2.08. The molecule has 1 aromatic heterocycles. The SMILES string of the molecule is N#CC(C(=O)CCCc1cccs1)c1cccc(Cl)c1. The number of Topliss-reactive ketones (excluding diaryl/α,β-unsaturated/α-hetero) is 1. The Kier molecular flexibility index (Phi) is 5.34. The van der Waals surface area contributed by atoms with Crippen molar-refractivity contribution >= 4 is 28.7 Å². The number of nitrogens with zero attached hydrogens (tertiary/aromatic N) is 1. The molecule has 0 bridgehead atoms. The van der Waals surface area contributed by atoms with Gasteiger partial charge in [-0.25, -0.2) is 0 Å². The van der Waals surface area contributed by atoms with Crippen molar-refractivity contribution in [1.29, 1.82) is 5.26 Å². The number of aryl methyl sites for hydroxylation is 1. The molecule has 0 saturated carbocycles. The molecule has 0 spiro atoms. The Bertz CT molecular complexity index is 616. The smallest absolute Gasteiger partial charge is 0.154 e. The number of halogens is 1. The first-order valence-electron chi connectivity index (χ1n) is 6.41. The Morgan fingerprint density at radius 3 is 2.85 bits per heavy atom. The fraction of sp³-hybridized carbons (Fsp3) is 0.250. The van der Waals surface area contributed by atoms with Gasteiger partial charge in [0.2, 0.25) is 0 Å². The van der Waals surface area contributed by atoms with Gasteiger partial charge in [-0.3, -0.25) is 4.79 Å². The molecular formula is C16H14ClNOS. The zero-order valence-electron chi connectivity index (χ0n) is 10.9. The number of rotatable bonds is 6. The van der Waals surface area contributed by atoms with E-state index in [0.29, 0.717) is 17.0 Å². The van der Waals surface area contributed by atoms with Crippen LogP contribution < -0.4 is 0 Å². The Balaban J connectivity index is 1.94. The standard InChI is InChI=1S/C16H14ClNOS/c17-13-5-1-4-12(10-13)15(11-18)16(19)8-2-6-14-7-3-9-20-14/h1,3-5,7,9-10,15H,2,6,8H2. The van der Waals surface area contributed by atoms with E-state index in [1.807, 2.05) is 11.4 Å². The van der Waals surface area contributed by atoms with E-state index in [0.717, 1.165) is 12.8 Å². The number of nitriles is 1. The molecule has 1 heterocycles. The minimum absolute atomic E-state index is 0.0358. The molecule has 4 heteroatoms. The number of ketones is 1. The van der Waals surface area contributed by atoms with Crippen LogP contribution in [0.4, 0.5) is 0 Å². The van der Waals surface area contributed by atoms with E-state index in [4.69, 9.17) is 11.6 Å². The molecule has 0 fully saturated rings. The van der Waals surface area contributed by atoms with Gasteiger partial charge in [-0.2, -0.15) is 5.26 Å². The third-order valence-electron chi connectivity index (χ3n) is 3.06. The molecule has 0 aliphatic heterocycles. The summed E-state index contributed by atoms with van der Waals surface area (Å²) < 4.78 is 0. The van der Waals surface area contributed by atoms with Crippen molar-refractivity contribution in [2.45, 2.75) is 25.2 Å². The van der Waals surface area contributed by atoms with Crippen molar-refractivity contribution in [3.63, 3.8) is 0 Å². The van der Waals surface area contributed by atoms with Gasteiger partial charge in [0, 0.05) is 16.3 Å². The lowest BCUT2D eigenvalue weighted by Gasteiger charge is -2.08. The number of thiophene rings is 1. The Labute approximate surface area is 127 Å². The van der Waals surface area contributed by atoms with Crippen LogP contribution in [0.1, 0.15) is 29.2 Å². The van der Waals surface area contributed by atoms with Crippen LogP contribution in [-0.4, -0.2) is 5.78 Å². The van der Waals surface area contributed by atoms with Crippen molar-refractivity contribution in [2.24, 2.45) is 0 Å². The van der Waals surface area contributed by atoms with Gasteiger partial charge in [-0.1, -0.05) is 29.8 Å². The second kappa shape index (κ2) is 7.23. The van der Waals surface area contributed by atoms with Crippen LogP contribution in [0.25, 0.3) is 0 Å². The summed E-state index contributed by atoms with van der Waals surface area (Å²) in [6, 6.07) is 13.1. The van der Waals surface area contributed by atoms with Crippen LogP contribution in [0, 0.1) is 11.3 Å². The van der Waals surface area contributed by atoms with E-state index >= 15 is 0 Å². The fourth-order valence-electron chi connectivity index (χ4n) is 2.05. The molecule has 0 N–H and O–H groups in total. The summed E-state index contributed by atoms with van der Waals surface area (Å²) in [5.41, 5.74) is 0.682. The van der Waals surface area contributed by atoms with Crippen LogP contribution in [0.5, 0.6) is 0 Å². The van der Waals surface area contributed by atoms with Gasteiger partial charge in [0.1, 0.15) is 5.92 Å². The van der Waals surface area contributed by atoms with E-state index in [9.17, 15) is 10.1 Å². The monoisotopic (exact) mass is 303 g/mol. The Hall–Kier alpha value is -1.63. The molecule has 20 heavy (non-hydrogen) atoms. The van der Waals surface area contributed by atoms with Crippen molar-refractivity contribution in [1.82, 2.24) is 0 Å². The average Bonchev–Trinajstić information content (AvgIpc) is 2.93. The highest BCUT2D eigenvalue weighted by atomic mass is 35.5. The number of benzene rings is 1. The molecule has 1 atom stereocenters. The maximum absolute atomic E-state index is 12.2. The van der Waals surface area contributed by atoms with E-state index in [-0.39, 0.29) is 5.78 Å². The van der Waals surface area contributed by atoms with Crippen molar-refractivity contribution in [3.05, 3.63) is 57.2 Å². The van der Waals surface area contributed by atoms with E-state index in [1.54, 1.807) is 35.6 Å². The Morgan fingerprint density at radius 1 is 1.35 bits per heavy atom. The number of hydrogen-bond acceptors (Lipinski definition) is 3. The number of hydrogen-bond donors (Lipinski definition) is 0. The lowest BCUT2D eigenvalue weighted by atomic mass is 9.93. The molecular weight excluding hydrogens is 290 g/mol. The number of carbonyl (C=O) groups excluding carboxylic acids is 1. The van der Waals surface area contributed by atoms with Gasteiger partial charge < -0.3 is 0 Å². The van der Waals surface area contributed by atoms with Gasteiger partial charge >= 0.3 is 0 Å². The van der Waals surface area contributed by atoms with Crippen LogP contribution in [0.3, 0.4) is 0 Å². The van der Waals surface area contributed by atoms with Gasteiger partial charge in [-0.05, 0) is 42.0 Å². The molecule has 0 radical (unpaired) electrons. The van der Waals surface area contributed by atoms with Crippen LogP contribution in [-0.2, 0) is 11.2 Å². The van der Waals surface area contributed by atoms with E-state index in [2.05, 4.69) is 12.1 Å². The van der Waals surface area contributed by atoms with Crippen LogP contribution >= 0.6 is 22.9 Å². The van der Waals surface area contributed by atoms with Gasteiger partial charge in [0.15, 0.2) is 5.78 Å². The van der Waals surface area contributed by atoms with E-state index in [1.165, 1.54) is 4.88 Å². The highest BCUT2D eigenvalue weighted by Gasteiger charge is 2.19. The van der Waals surface area contributed by atoms with Crippen molar-refractivity contribution < 1.29 is 4.79 Å².